The van der Waals surface area contributed by atoms with Gasteiger partial charge in [-0.05, 0) is 12.1 Å². The lowest BCUT2D eigenvalue weighted by molar-refractivity contribution is -0.143. The molecule has 0 aliphatic rings. The van der Waals surface area contributed by atoms with E-state index >= 15 is 0 Å². The summed E-state index contributed by atoms with van der Waals surface area (Å²) in [7, 11) is 0. The molecule has 0 radical (unpaired) electrons. The average Bonchev–Trinajstić information content (AvgIpc) is 2.61. The third kappa shape index (κ3) is 4.28. The fourth-order valence-electron chi connectivity index (χ4n) is 1.97. The number of halogens is 7. The molecule has 0 atom stereocenters. The third-order valence-corrected chi connectivity index (χ3v) is 3.14. The fraction of sp³-hybridized carbons (Fsp3) is 0.125. The van der Waals surface area contributed by atoms with Crippen molar-refractivity contribution in [3.63, 3.8) is 0 Å². The Morgan fingerprint density at radius 3 is 2.19 bits per heavy atom. The van der Waals surface area contributed by atoms with Crippen LogP contribution in [0.5, 0.6) is 5.75 Å². The summed E-state index contributed by atoms with van der Waals surface area (Å²) in [5, 5.41) is 11.8. The van der Waals surface area contributed by atoms with E-state index in [-0.39, 0.29) is 17.9 Å². The van der Waals surface area contributed by atoms with Crippen LogP contribution in [0.4, 0.5) is 36.4 Å². The summed E-state index contributed by atoms with van der Waals surface area (Å²) >= 11 is 0. The summed E-state index contributed by atoms with van der Waals surface area (Å²) in [4.78, 5) is 0. The van der Waals surface area contributed by atoms with Crippen LogP contribution in [0.15, 0.2) is 29.4 Å². The Balaban J connectivity index is 2.35. The van der Waals surface area contributed by atoms with Crippen molar-refractivity contribution in [2.75, 3.05) is 12.0 Å². The van der Waals surface area contributed by atoms with E-state index in [1.54, 1.807) is 17.6 Å². The summed E-state index contributed by atoms with van der Waals surface area (Å²) in [6.45, 7) is -0.309. The van der Waals surface area contributed by atoms with Crippen LogP contribution in [-0.4, -0.2) is 12.8 Å². The van der Waals surface area contributed by atoms with Gasteiger partial charge in [-0.25, -0.2) is 17.6 Å². The molecule has 1 N–H and O–H groups in total. The van der Waals surface area contributed by atoms with Crippen LogP contribution in [-0.2, 0) is 6.18 Å². The van der Waals surface area contributed by atoms with E-state index in [9.17, 15) is 30.7 Å². The number of benzene rings is 2. The average molecular weight is 391 g/mol. The number of hydrazone groups is 1. The molecule has 11 heteroatoms. The SMILES string of the molecule is N#CCOc1ccccc1C=NNc1c(F)c(F)c(C(F)(F)F)c(F)c1F. The number of anilines is 1. The Kier molecular flexibility index (Phi) is 5.89. The maximum absolute atomic E-state index is 13.7. The zero-order valence-corrected chi connectivity index (χ0v) is 13.0. The Labute approximate surface area is 147 Å². The largest absolute Gasteiger partial charge is 0.478 e. The molecule has 0 amide bonds. The van der Waals surface area contributed by atoms with Gasteiger partial charge in [0.25, 0.3) is 0 Å². The summed E-state index contributed by atoms with van der Waals surface area (Å²) in [6.07, 6.45) is -4.70. The van der Waals surface area contributed by atoms with E-state index < -0.39 is 40.7 Å². The second kappa shape index (κ2) is 7.94. The molecule has 0 saturated heterocycles. The molecule has 0 heterocycles. The number of nitriles is 1. The molecule has 0 aliphatic carbocycles. The predicted molar refractivity (Wildman–Crippen MR) is 80.0 cm³/mol. The summed E-state index contributed by atoms with van der Waals surface area (Å²) in [6, 6.07) is 7.66. The van der Waals surface area contributed by atoms with Crippen LogP contribution >= 0.6 is 0 Å². The number of alkyl halides is 3. The number of rotatable bonds is 5. The Morgan fingerprint density at radius 1 is 1.04 bits per heavy atom. The Bertz CT molecular complexity index is 890. The van der Waals surface area contributed by atoms with Gasteiger partial charge in [0.15, 0.2) is 29.9 Å². The van der Waals surface area contributed by atoms with Gasteiger partial charge in [0.05, 0.1) is 6.21 Å². The standard InChI is InChI=1S/C16H8F7N3O/c17-11-10(16(21,22)23)12(18)14(20)15(13(11)19)26-25-7-8-3-1-2-4-9(8)27-6-5-24/h1-4,7,26H,6H2. The van der Waals surface area contributed by atoms with Crippen LogP contribution < -0.4 is 10.2 Å². The van der Waals surface area contributed by atoms with Gasteiger partial charge in [-0.15, -0.1) is 0 Å². The van der Waals surface area contributed by atoms with Gasteiger partial charge in [-0.1, -0.05) is 12.1 Å². The summed E-state index contributed by atoms with van der Waals surface area (Å²) < 4.78 is 97.1. The lowest BCUT2D eigenvalue weighted by Gasteiger charge is -2.13. The zero-order valence-electron chi connectivity index (χ0n) is 13.0. The first kappa shape index (κ1) is 20.0. The lowest BCUT2D eigenvalue weighted by Crippen LogP contribution is -2.16. The van der Waals surface area contributed by atoms with Crippen LogP contribution in [0.3, 0.4) is 0 Å². The molecule has 0 unspecified atom stereocenters. The first-order valence-electron chi connectivity index (χ1n) is 6.99. The molecule has 2 rings (SSSR count). The second-order valence-corrected chi connectivity index (χ2v) is 4.86. The molecular formula is C16H8F7N3O. The topological polar surface area (TPSA) is 57.4 Å². The lowest BCUT2D eigenvalue weighted by atomic mass is 10.1. The molecule has 2 aromatic carbocycles. The molecule has 142 valence electrons. The van der Waals surface area contributed by atoms with Gasteiger partial charge in [-0.3, -0.25) is 5.43 Å². The van der Waals surface area contributed by atoms with Crippen molar-refractivity contribution in [1.82, 2.24) is 0 Å². The highest BCUT2D eigenvalue weighted by Crippen LogP contribution is 2.38. The third-order valence-electron chi connectivity index (χ3n) is 3.14. The molecule has 0 aromatic heterocycles. The summed E-state index contributed by atoms with van der Waals surface area (Å²) in [5.41, 5.74) is -2.37. The van der Waals surface area contributed by atoms with E-state index in [0.717, 1.165) is 6.21 Å². The van der Waals surface area contributed by atoms with Gasteiger partial charge >= 0.3 is 6.18 Å². The van der Waals surface area contributed by atoms with Gasteiger partial charge in [-0.2, -0.15) is 23.5 Å². The zero-order chi connectivity index (χ0) is 20.2. The molecule has 4 nitrogen and oxygen atoms in total. The quantitative estimate of drug-likeness (QED) is 0.351. The van der Waals surface area contributed by atoms with Crippen molar-refractivity contribution in [3.8, 4) is 11.8 Å². The number of para-hydroxylation sites is 1. The maximum atomic E-state index is 13.7. The van der Waals surface area contributed by atoms with E-state index in [1.807, 2.05) is 0 Å². The predicted octanol–water partition coefficient (Wildman–Crippen LogP) is 4.61. The monoisotopic (exact) mass is 391 g/mol. The van der Waals surface area contributed by atoms with Crippen molar-refractivity contribution in [2.24, 2.45) is 5.10 Å². The van der Waals surface area contributed by atoms with E-state index in [1.165, 1.54) is 18.2 Å². The fourth-order valence-corrected chi connectivity index (χ4v) is 1.97. The minimum atomic E-state index is -5.63. The molecule has 0 aliphatic heterocycles. The van der Waals surface area contributed by atoms with Crippen molar-refractivity contribution in [3.05, 3.63) is 58.7 Å². The van der Waals surface area contributed by atoms with E-state index in [2.05, 4.69) is 5.10 Å². The number of nitrogens with zero attached hydrogens (tertiary/aromatic N) is 2. The molecular weight excluding hydrogens is 383 g/mol. The molecule has 27 heavy (non-hydrogen) atoms. The molecule has 0 bridgehead atoms. The van der Waals surface area contributed by atoms with Crippen molar-refractivity contribution < 1.29 is 35.5 Å². The first-order valence-corrected chi connectivity index (χ1v) is 6.99. The van der Waals surface area contributed by atoms with Crippen molar-refractivity contribution in [1.29, 1.82) is 5.26 Å². The summed E-state index contributed by atoms with van der Waals surface area (Å²) in [5.74, 6) is -9.61. The van der Waals surface area contributed by atoms with Crippen LogP contribution in [0.2, 0.25) is 0 Å². The number of ether oxygens (including phenoxy) is 1. The van der Waals surface area contributed by atoms with Crippen LogP contribution in [0.1, 0.15) is 11.1 Å². The van der Waals surface area contributed by atoms with Crippen molar-refractivity contribution in [2.45, 2.75) is 6.18 Å². The normalized spacial score (nSPS) is 11.5. The molecule has 0 saturated carbocycles. The van der Waals surface area contributed by atoms with Gasteiger partial charge < -0.3 is 4.74 Å². The smallest absolute Gasteiger partial charge is 0.422 e. The maximum Gasteiger partial charge on any atom is 0.422 e. The van der Waals surface area contributed by atoms with Gasteiger partial charge in [0.1, 0.15) is 23.1 Å². The van der Waals surface area contributed by atoms with Crippen LogP contribution in [0, 0.1) is 34.6 Å². The highest BCUT2D eigenvalue weighted by molar-refractivity contribution is 5.84. The van der Waals surface area contributed by atoms with E-state index in [0.29, 0.717) is 0 Å². The highest BCUT2D eigenvalue weighted by atomic mass is 19.4. The van der Waals surface area contributed by atoms with Gasteiger partial charge in [0, 0.05) is 5.56 Å². The second-order valence-electron chi connectivity index (χ2n) is 4.86. The number of nitrogens with one attached hydrogen (secondary N) is 1. The number of hydrogen-bond donors (Lipinski definition) is 1. The molecule has 0 fully saturated rings. The minimum Gasteiger partial charge on any atom is -0.478 e. The highest BCUT2D eigenvalue weighted by Gasteiger charge is 2.42. The van der Waals surface area contributed by atoms with Crippen LogP contribution in [0.25, 0.3) is 0 Å². The number of hydrogen-bond acceptors (Lipinski definition) is 4. The molecule has 0 spiro atoms. The van der Waals surface area contributed by atoms with E-state index in [4.69, 9.17) is 10.00 Å². The Hall–Kier alpha value is -3.29. The van der Waals surface area contributed by atoms with Crippen molar-refractivity contribution >= 4 is 11.9 Å². The minimum absolute atomic E-state index is 0.162. The Morgan fingerprint density at radius 2 is 1.63 bits per heavy atom. The van der Waals surface area contributed by atoms with Gasteiger partial charge in [0.2, 0.25) is 0 Å². The molecule has 2 aromatic rings. The first-order chi connectivity index (χ1) is 12.7.